The van der Waals surface area contributed by atoms with Crippen LogP contribution in [0.3, 0.4) is 0 Å². The maximum atomic E-state index is 5.90. The van der Waals surface area contributed by atoms with Crippen molar-refractivity contribution in [3.63, 3.8) is 0 Å². The fourth-order valence-electron chi connectivity index (χ4n) is 2.61. The van der Waals surface area contributed by atoms with Crippen LogP contribution < -0.4 is 4.74 Å². The molecular formula is C23H26N2OS. The van der Waals surface area contributed by atoms with Crippen LogP contribution >= 0.6 is 11.8 Å². The minimum Gasteiger partial charge on any atom is -0.439 e. The van der Waals surface area contributed by atoms with Gasteiger partial charge in [0.05, 0.1) is 0 Å². The van der Waals surface area contributed by atoms with Crippen molar-refractivity contribution in [1.29, 1.82) is 0 Å². The number of benzene rings is 2. The van der Waals surface area contributed by atoms with E-state index in [-0.39, 0.29) is 5.41 Å². The van der Waals surface area contributed by atoms with E-state index in [1.165, 1.54) is 11.1 Å². The third-order valence-corrected chi connectivity index (χ3v) is 5.17. The Morgan fingerprint density at radius 1 is 0.926 bits per heavy atom. The summed E-state index contributed by atoms with van der Waals surface area (Å²) in [7, 11) is 0. The predicted molar refractivity (Wildman–Crippen MR) is 113 cm³/mol. The Balaban J connectivity index is 1.71. The Bertz CT molecular complexity index is 871. The Kier molecular flexibility index (Phi) is 6.17. The van der Waals surface area contributed by atoms with E-state index in [2.05, 4.69) is 61.9 Å². The maximum absolute atomic E-state index is 5.90. The number of ether oxygens (including phenoxy) is 1. The van der Waals surface area contributed by atoms with E-state index in [0.29, 0.717) is 5.88 Å². The van der Waals surface area contributed by atoms with E-state index in [4.69, 9.17) is 4.74 Å². The highest BCUT2D eigenvalue weighted by Gasteiger charge is 2.13. The number of para-hydroxylation sites is 1. The van der Waals surface area contributed by atoms with E-state index < -0.39 is 0 Å². The fraction of sp³-hybridized carbons (Fsp3) is 0.304. The molecule has 0 unspecified atom stereocenters. The van der Waals surface area contributed by atoms with Crippen molar-refractivity contribution in [3.05, 3.63) is 77.5 Å². The molecule has 0 radical (unpaired) electrons. The number of rotatable bonds is 6. The monoisotopic (exact) mass is 378 g/mol. The Morgan fingerprint density at radius 2 is 1.63 bits per heavy atom. The maximum Gasteiger partial charge on any atom is 0.223 e. The summed E-state index contributed by atoms with van der Waals surface area (Å²) in [5, 5.41) is 0.750. The summed E-state index contributed by atoms with van der Waals surface area (Å²) < 4.78 is 5.90. The lowest BCUT2D eigenvalue weighted by molar-refractivity contribution is 0.454. The molecule has 0 N–H and O–H groups in total. The molecule has 0 spiro atoms. The first-order valence-electron chi connectivity index (χ1n) is 9.27. The summed E-state index contributed by atoms with van der Waals surface area (Å²) in [6, 6.07) is 20.5. The topological polar surface area (TPSA) is 35.0 Å². The molecule has 0 aliphatic rings. The van der Waals surface area contributed by atoms with Crippen LogP contribution in [-0.2, 0) is 17.6 Å². The van der Waals surface area contributed by atoms with Crippen molar-refractivity contribution < 1.29 is 4.74 Å². The summed E-state index contributed by atoms with van der Waals surface area (Å²) in [4.78, 5) is 9.22. The minimum atomic E-state index is 0.175. The van der Waals surface area contributed by atoms with Gasteiger partial charge in [0.15, 0.2) is 5.16 Å². The molecule has 3 nitrogen and oxygen atoms in total. The van der Waals surface area contributed by atoms with Crippen LogP contribution in [0.4, 0.5) is 0 Å². The number of thioether (sulfide) groups is 1. The molecule has 0 aliphatic heterocycles. The molecule has 0 bridgehead atoms. The second kappa shape index (κ2) is 8.57. The number of hydrogen-bond acceptors (Lipinski definition) is 4. The van der Waals surface area contributed by atoms with Gasteiger partial charge in [-0.3, -0.25) is 0 Å². The number of hydrogen-bond donors (Lipinski definition) is 0. The zero-order valence-electron chi connectivity index (χ0n) is 16.4. The highest BCUT2D eigenvalue weighted by molar-refractivity contribution is 7.98. The van der Waals surface area contributed by atoms with Crippen LogP contribution in [0.1, 0.15) is 44.5 Å². The van der Waals surface area contributed by atoms with E-state index in [1.807, 2.05) is 36.4 Å². The highest BCUT2D eigenvalue weighted by Crippen LogP contribution is 2.27. The molecule has 0 aliphatic carbocycles. The molecule has 1 heterocycles. The van der Waals surface area contributed by atoms with Crippen LogP contribution in [0.15, 0.2) is 65.8 Å². The van der Waals surface area contributed by atoms with Gasteiger partial charge in [-0.2, -0.15) is 4.98 Å². The van der Waals surface area contributed by atoms with Gasteiger partial charge in [-0.15, -0.1) is 0 Å². The average molecular weight is 379 g/mol. The molecule has 140 valence electrons. The standard InChI is InChI=1S/C23H26N2OS/c1-5-19-15-21(26-20-9-7-6-8-10-20)25-22(24-19)27-16-17-11-13-18(14-12-17)23(2,3)4/h6-15H,5,16H2,1-4H3. The fourth-order valence-corrected chi connectivity index (χ4v) is 3.43. The van der Waals surface area contributed by atoms with Gasteiger partial charge in [0.25, 0.3) is 0 Å². The van der Waals surface area contributed by atoms with Gasteiger partial charge < -0.3 is 4.74 Å². The van der Waals surface area contributed by atoms with Gasteiger partial charge in [0, 0.05) is 17.5 Å². The summed E-state index contributed by atoms with van der Waals surface area (Å²) >= 11 is 1.64. The lowest BCUT2D eigenvalue weighted by Gasteiger charge is -2.19. The van der Waals surface area contributed by atoms with E-state index in [1.54, 1.807) is 11.8 Å². The van der Waals surface area contributed by atoms with Crippen LogP contribution in [-0.4, -0.2) is 9.97 Å². The number of aryl methyl sites for hydroxylation is 1. The van der Waals surface area contributed by atoms with E-state index in [0.717, 1.165) is 28.8 Å². The van der Waals surface area contributed by atoms with Crippen LogP contribution in [0.5, 0.6) is 11.6 Å². The van der Waals surface area contributed by atoms with Gasteiger partial charge >= 0.3 is 0 Å². The van der Waals surface area contributed by atoms with Gasteiger partial charge in [0.1, 0.15) is 5.75 Å². The predicted octanol–water partition coefficient (Wildman–Crippen LogP) is 6.42. The van der Waals surface area contributed by atoms with Crippen molar-refractivity contribution in [2.24, 2.45) is 0 Å². The largest absolute Gasteiger partial charge is 0.439 e. The minimum absolute atomic E-state index is 0.175. The van der Waals surface area contributed by atoms with Gasteiger partial charge in [0.2, 0.25) is 5.88 Å². The molecule has 3 aromatic rings. The molecular weight excluding hydrogens is 352 g/mol. The second-order valence-electron chi connectivity index (χ2n) is 7.48. The SMILES string of the molecule is CCc1cc(Oc2ccccc2)nc(SCc2ccc(C(C)(C)C)cc2)n1. The normalized spacial score (nSPS) is 11.4. The molecule has 3 rings (SSSR count). The lowest BCUT2D eigenvalue weighted by atomic mass is 9.87. The Hall–Kier alpha value is -2.33. The Labute approximate surface area is 166 Å². The van der Waals surface area contributed by atoms with Crippen LogP contribution in [0, 0.1) is 0 Å². The van der Waals surface area contributed by atoms with Gasteiger partial charge in [-0.1, -0.05) is 81.9 Å². The first-order chi connectivity index (χ1) is 12.9. The van der Waals surface area contributed by atoms with Crippen molar-refractivity contribution in [1.82, 2.24) is 9.97 Å². The molecule has 0 amide bonds. The molecule has 0 saturated carbocycles. The highest BCUT2D eigenvalue weighted by atomic mass is 32.2. The second-order valence-corrected chi connectivity index (χ2v) is 8.43. The van der Waals surface area contributed by atoms with Gasteiger partial charge in [-0.05, 0) is 35.1 Å². The molecule has 2 aromatic carbocycles. The first-order valence-corrected chi connectivity index (χ1v) is 10.3. The molecule has 4 heteroatoms. The zero-order chi connectivity index (χ0) is 19.3. The van der Waals surface area contributed by atoms with Crippen LogP contribution in [0.2, 0.25) is 0 Å². The molecule has 27 heavy (non-hydrogen) atoms. The molecule has 0 atom stereocenters. The van der Waals surface area contributed by atoms with Crippen molar-refractivity contribution >= 4 is 11.8 Å². The van der Waals surface area contributed by atoms with Crippen LogP contribution in [0.25, 0.3) is 0 Å². The van der Waals surface area contributed by atoms with Crippen molar-refractivity contribution in [2.45, 2.75) is 50.4 Å². The smallest absolute Gasteiger partial charge is 0.223 e. The zero-order valence-corrected chi connectivity index (χ0v) is 17.2. The third-order valence-electron chi connectivity index (χ3n) is 4.25. The lowest BCUT2D eigenvalue weighted by Crippen LogP contribution is -2.10. The first kappa shape index (κ1) is 19.4. The molecule has 1 aromatic heterocycles. The average Bonchev–Trinajstić information content (AvgIpc) is 2.66. The van der Waals surface area contributed by atoms with E-state index in [9.17, 15) is 0 Å². The number of nitrogens with zero attached hydrogens (tertiary/aromatic N) is 2. The molecule has 0 saturated heterocycles. The quantitative estimate of drug-likeness (QED) is 0.366. The summed E-state index contributed by atoms with van der Waals surface area (Å²) in [6.45, 7) is 8.79. The molecule has 0 fully saturated rings. The van der Waals surface area contributed by atoms with Crippen molar-refractivity contribution in [2.75, 3.05) is 0 Å². The van der Waals surface area contributed by atoms with Gasteiger partial charge in [-0.25, -0.2) is 4.98 Å². The van der Waals surface area contributed by atoms with Crippen molar-refractivity contribution in [3.8, 4) is 11.6 Å². The summed E-state index contributed by atoms with van der Waals surface area (Å²) in [5.41, 5.74) is 3.78. The van der Waals surface area contributed by atoms with E-state index >= 15 is 0 Å². The summed E-state index contributed by atoms with van der Waals surface area (Å²) in [5.74, 6) is 2.22. The summed E-state index contributed by atoms with van der Waals surface area (Å²) in [6.07, 6.45) is 0.849. The third kappa shape index (κ3) is 5.57. The number of aromatic nitrogens is 2. The Morgan fingerprint density at radius 3 is 2.26 bits per heavy atom.